The lowest BCUT2D eigenvalue weighted by molar-refractivity contribution is 0.102. The number of carbonyl (C=O) groups excluding carboxylic acids is 1. The number of nitrogens with one attached hydrogen (secondary N) is 2. The molecule has 0 aliphatic carbocycles. The van der Waals surface area contributed by atoms with E-state index < -0.39 is 0 Å². The zero-order chi connectivity index (χ0) is 18.5. The molecule has 1 heterocycles. The Morgan fingerprint density at radius 1 is 1.08 bits per heavy atom. The number of methoxy groups -OCH3 is 1. The standard InChI is InChI=1S/C20H18ClN3O2/c1-13-6-7-19(26-2)17(10-13)23-16-8-9-22-18(12-16)20(25)24-15-5-3-4-14(21)11-15/h3-12H,1-2H3,(H,22,23)(H,24,25). The molecule has 0 bridgehead atoms. The van der Waals surface area contributed by atoms with Crippen molar-refractivity contribution in [1.29, 1.82) is 0 Å². The highest BCUT2D eigenvalue weighted by atomic mass is 35.5. The molecule has 5 nitrogen and oxygen atoms in total. The number of amides is 1. The zero-order valence-electron chi connectivity index (χ0n) is 14.4. The minimum Gasteiger partial charge on any atom is -0.495 e. The summed E-state index contributed by atoms with van der Waals surface area (Å²) in [6, 6.07) is 16.3. The second-order valence-corrected chi connectivity index (χ2v) is 6.16. The average Bonchev–Trinajstić information content (AvgIpc) is 2.62. The van der Waals surface area contributed by atoms with Crippen molar-refractivity contribution >= 4 is 34.6 Å². The van der Waals surface area contributed by atoms with Crippen molar-refractivity contribution in [3.63, 3.8) is 0 Å². The van der Waals surface area contributed by atoms with E-state index in [1.165, 1.54) is 0 Å². The first kappa shape index (κ1) is 17.8. The molecule has 26 heavy (non-hydrogen) atoms. The van der Waals surface area contributed by atoms with E-state index in [9.17, 15) is 4.79 Å². The van der Waals surface area contributed by atoms with Gasteiger partial charge in [0.25, 0.3) is 5.91 Å². The van der Waals surface area contributed by atoms with Gasteiger partial charge in [-0.15, -0.1) is 0 Å². The third kappa shape index (κ3) is 4.32. The van der Waals surface area contributed by atoms with Crippen LogP contribution in [-0.4, -0.2) is 18.0 Å². The van der Waals surface area contributed by atoms with Crippen LogP contribution in [0.3, 0.4) is 0 Å². The molecule has 0 spiro atoms. The van der Waals surface area contributed by atoms with Gasteiger partial charge in [-0.3, -0.25) is 9.78 Å². The number of halogens is 1. The third-order valence-corrected chi connectivity index (χ3v) is 3.94. The summed E-state index contributed by atoms with van der Waals surface area (Å²) in [7, 11) is 1.62. The molecule has 1 amide bonds. The molecule has 0 fully saturated rings. The summed E-state index contributed by atoms with van der Waals surface area (Å²) in [6.07, 6.45) is 1.58. The first-order valence-electron chi connectivity index (χ1n) is 8.00. The molecular formula is C20H18ClN3O2. The van der Waals surface area contributed by atoms with E-state index in [1.54, 1.807) is 49.7 Å². The van der Waals surface area contributed by atoms with E-state index in [2.05, 4.69) is 15.6 Å². The van der Waals surface area contributed by atoms with Crippen LogP contribution < -0.4 is 15.4 Å². The molecule has 6 heteroatoms. The quantitative estimate of drug-likeness (QED) is 0.662. The molecule has 0 aliphatic heterocycles. The van der Waals surface area contributed by atoms with E-state index in [-0.39, 0.29) is 5.91 Å². The van der Waals surface area contributed by atoms with Crippen LogP contribution in [0.4, 0.5) is 17.1 Å². The number of anilines is 3. The van der Waals surface area contributed by atoms with Gasteiger partial charge >= 0.3 is 0 Å². The zero-order valence-corrected chi connectivity index (χ0v) is 15.2. The van der Waals surface area contributed by atoms with Crippen LogP contribution in [-0.2, 0) is 0 Å². The van der Waals surface area contributed by atoms with Crippen LogP contribution in [0, 0.1) is 6.92 Å². The van der Waals surface area contributed by atoms with Crippen LogP contribution >= 0.6 is 11.6 Å². The summed E-state index contributed by atoms with van der Waals surface area (Å²) in [5.74, 6) is 0.407. The maximum absolute atomic E-state index is 12.4. The third-order valence-electron chi connectivity index (χ3n) is 3.71. The summed E-state index contributed by atoms with van der Waals surface area (Å²) in [6.45, 7) is 2.00. The largest absolute Gasteiger partial charge is 0.495 e. The number of rotatable bonds is 5. The predicted octanol–water partition coefficient (Wildman–Crippen LogP) is 5.05. The molecule has 132 valence electrons. The summed E-state index contributed by atoms with van der Waals surface area (Å²) in [5.41, 5.74) is 3.56. The smallest absolute Gasteiger partial charge is 0.274 e. The van der Waals surface area contributed by atoms with E-state index >= 15 is 0 Å². The lowest BCUT2D eigenvalue weighted by atomic mass is 10.2. The van der Waals surface area contributed by atoms with Crippen molar-refractivity contribution in [1.82, 2.24) is 4.98 Å². The highest BCUT2D eigenvalue weighted by Gasteiger charge is 2.10. The van der Waals surface area contributed by atoms with Gasteiger partial charge < -0.3 is 15.4 Å². The summed E-state index contributed by atoms with van der Waals surface area (Å²) >= 11 is 5.94. The highest BCUT2D eigenvalue weighted by Crippen LogP contribution is 2.28. The number of pyridine rings is 1. The van der Waals surface area contributed by atoms with Crippen molar-refractivity contribution in [3.8, 4) is 5.75 Å². The second-order valence-electron chi connectivity index (χ2n) is 5.72. The monoisotopic (exact) mass is 367 g/mol. The highest BCUT2D eigenvalue weighted by molar-refractivity contribution is 6.30. The Balaban J connectivity index is 1.80. The van der Waals surface area contributed by atoms with Crippen molar-refractivity contribution in [2.75, 3.05) is 17.7 Å². The SMILES string of the molecule is COc1ccc(C)cc1Nc1ccnc(C(=O)Nc2cccc(Cl)c2)c1. The Morgan fingerprint density at radius 3 is 2.69 bits per heavy atom. The number of aromatic nitrogens is 1. The molecule has 0 saturated heterocycles. The van der Waals surface area contributed by atoms with Gasteiger partial charge in [0.05, 0.1) is 12.8 Å². The van der Waals surface area contributed by atoms with Gasteiger partial charge in [0.1, 0.15) is 11.4 Å². The molecule has 0 aliphatic rings. The summed E-state index contributed by atoms with van der Waals surface area (Å²) in [5, 5.41) is 6.60. The van der Waals surface area contributed by atoms with Crippen LogP contribution in [0.25, 0.3) is 0 Å². The van der Waals surface area contributed by atoms with E-state index in [0.29, 0.717) is 16.4 Å². The van der Waals surface area contributed by atoms with Gasteiger partial charge in [-0.1, -0.05) is 23.7 Å². The number of nitrogens with zero attached hydrogens (tertiary/aromatic N) is 1. The maximum Gasteiger partial charge on any atom is 0.274 e. The molecule has 2 N–H and O–H groups in total. The normalized spacial score (nSPS) is 10.3. The molecule has 0 saturated carbocycles. The molecule has 1 aromatic heterocycles. The van der Waals surface area contributed by atoms with Gasteiger partial charge in [-0.2, -0.15) is 0 Å². The molecule has 0 atom stereocenters. The first-order chi connectivity index (χ1) is 12.5. The molecule has 3 rings (SSSR count). The number of hydrogen-bond acceptors (Lipinski definition) is 4. The Labute approximate surface area is 157 Å². The number of carbonyl (C=O) groups is 1. The van der Waals surface area contributed by atoms with Crippen LogP contribution in [0.15, 0.2) is 60.8 Å². The number of aryl methyl sites for hydroxylation is 1. The van der Waals surface area contributed by atoms with Crippen molar-refractivity contribution in [2.45, 2.75) is 6.92 Å². The van der Waals surface area contributed by atoms with Gasteiger partial charge in [-0.25, -0.2) is 0 Å². The molecule has 0 radical (unpaired) electrons. The van der Waals surface area contributed by atoms with Gasteiger partial charge in [0.2, 0.25) is 0 Å². The molecule has 2 aromatic carbocycles. The van der Waals surface area contributed by atoms with E-state index in [0.717, 1.165) is 22.7 Å². The Kier molecular flexibility index (Phi) is 5.39. The Bertz CT molecular complexity index is 944. The lowest BCUT2D eigenvalue weighted by Gasteiger charge is -2.12. The van der Waals surface area contributed by atoms with Crippen LogP contribution in [0.5, 0.6) is 5.75 Å². The maximum atomic E-state index is 12.4. The second kappa shape index (κ2) is 7.89. The number of benzene rings is 2. The van der Waals surface area contributed by atoms with Crippen LogP contribution in [0.2, 0.25) is 5.02 Å². The topological polar surface area (TPSA) is 63.2 Å². The minimum atomic E-state index is -0.313. The number of ether oxygens (including phenoxy) is 1. The Hall–Kier alpha value is -3.05. The Morgan fingerprint density at radius 2 is 1.92 bits per heavy atom. The number of hydrogen-bond donors (Lipinski definition) is 2. The molecule has 0 unspecified atom stereocenters. The van der Waals surface area contributed by atoms with Crippen molar-refractivity contribution < 1.29 is 9.53 Å². The van der Waals surface area contributed by atoms with E-state index in [4.69, 9.17) is 16.3 Å². The fourth-order valence-corrected chi connectivity index (χ4v) is 2.66. The lowest BCUT2D eigenvalue weighted by Crippen LogP contribution is -2.13. The minimum absolute atomic E-state index is 0.293. The van der Waals surface area contributed by atoms with Gasteiger partial charge in [-0.05, 0) is 55.0 Å². The van der Waals surface area contributed by atoms with E-state index in [1.807, 2.05) is 25.1 Å². The van der Waals surface area contributed by atoms with Crippen molar-refractivity contribution in [2.24, 2.45) is 0 Å². The van der Waals surface area contributed by atoms with Crippen molar-refractivity contribution in [3.05, 3.63) is 77.1 Å². The fourth-order valence-electron chi connectivity index (χ4n) is 2.47. The average molecular weight is 368 g/mol. The van der Waals surface area contributed by atoms with Gasteiger partial charge in [0.15, 0.2) is 0 Å². The molecule has 3 aromatic rings. The predicted molar refractivity (Wildman–Crippen MR) is 105 cm³/mol. The summed E-state index contributed by atoms with van der Waals surface area (Å²) < 4.78 is 5.37. The van der Waals surface area contributed by atoms with Crippen LogP contribution in [0.1, 0.15) is 16.1 Å². The first-order valence-corrected chi connectivity index (χ1v) is 8.37. The fraction of sp³-hybridized carbons (Fsp3) is 0.100. The van der Waals surface area contributed by atoms with Gasteiger partial charge in [0, 0.05) is 22.6 Å². The molecular weight excluding hydrogens is 350 g/mol. The summed E-state index contributed by atoms with van der Waals surface area (Å²) in [4.78, 5) is 16.6.